The Balaban J connectivity index is 1.39. The molecule has 0 N–H and O–H groups in total. The van der Waals surface area contributed by atoms with Crippen LogP contribution < -0.4 is 5.43 Å². The fourth-order valence-electron chi connectivity index (χ4n) is 4.00. The summed E-state index contributed by atoms with van der Waals surface area (Å²) in [7, 11) is 0. The molecule has 146 valence electrons. The summed E-state index contributed by atoms with van der Waals surface area (Å²) in [5.41, 5.74) is 7.10. The van der Waals surface area contributed by atoms with E-state index in [0.717, 1.165) is 38.3 Å². The molecule has 2 aromatic carbocycles. The van der Waals surface area contributed by atoms with Crippen LogP contribution in [0.1, 0.15) is 27.8 Å². The number of fused-ring (bicyclic) bond motifs is 1. The summed E-state index contributed by atoms with van der Waals surface area (Å²) in [5, 5.41) is 0.670. The van der Waals surface area contributed by atoms with Crippen molar-refractivity contribution < 1.29 is 4.42 Å². The van der Waals surface area contributed by atoms with Crippen molar-refractivity contribution in [1.29, 1.82) is 0 Å². The van der Waals surface area contributed by atoms with Crippen LogP contribution in [0.15, 0.2) is 51.9 Å². The average molecular weight is 377 g/mol. The van der Waals surface area contributed by atoms with Gasteiger partial charge < -0.3 is 4.42 Å². The number of piperazine rings is 1. The predicted octanol–water partition coefficient (Wildman–Crippen LogP) is 4.04. The Morgan fingerprint density at radius 2 is 1.46 bits per heavy atom. The van der Waals surface area contributed by atoms with Gasteiger partial charge in [-0.1, -0.05) is 24.3 Å². The molecular weight excluding hydrogens is 348 g/mol. The minimum absolute atomic E-state index is 0.0926. The van der Waals surface area contributed by atoms with Crippen LogP contribution in [-0.2, 0) is 13.1 Å². The minimum atomic E-state index is 0.0926. The molecule has 2 heterocycles. The lowest BCUT2D eigenvalue weighted by molar-refractivity contribution is 0.121. The number of hydrogen-bond donors (Lipinski definition) is 0. The SMILES string of the molecule is Cc1ccc(CN2CCN(Cc3coc4ccccc4c3=O)CC2)c(C)c1C. The summed E-state index contributed by atoms with van der Waals surface area (Å²) < 4.78 is 5.66. The van der Waals surface area contributed by atoms with E-state index in [4.69, 9.17) is 4.42 Å². The Kier molecular flexibility index (Phi) is 5.33. The quantitative estimate of drug-likeness (QED) is 0.689. The Hall–Kier alpha value is -2.43. The molecule has 4 heteroatoms. The highest BCUT2D eigenvalue weighted by Crippen LogP contribution is 2.20. The van der Waals surface area contributed by atoms with Crippen molar-refractivity contribution >= 4 is 11.0 Å². The van der Waals surface area contributed by atoms with Crippen LogP contribution in [0.25, 0.3) is 11.0 Å². The molecule has 0 spiro atoms. The maximum atomic E-state index is 12.7. The van der Waals surface area contributed by atoms with Gasteiger partial charge in [-0.3, -0.25) is 14.6 Å². The normalized spacial score (nSPS) is 16.0. The summed E-state index contributed by atoms with van der Waals surface area (Å²) in [6.45, 7) is 12.2. The van der Waals surface area contributed by atoms with Gasteiger partial charge in [0.2, 0.25) is 0 Å². The fraction of sp³-hybridized carbons (Fsp3) is 0.375. The topological polar surface area (TPSA) is 36.7 Å². The van der Waals surface area contributed by atoms with Crippen LogP contribution in [-0.4, -0.2) is 36.0 Å². The highest BCUT2D eigenvalue weighted by Gasteiger charge is 2.19. The van der Waals surface area contributed by atoms with Crippen LogP contribution in [0.3, 0.4) is 0 Å². The summed E-state index contributed by atoms with van der Waals surface area (Å²) in [6, 6.07) is 12.0. The van der Waals surface area contributed by atoms with Crippen molar-refractivity contribution in [2.24, 2.45) is 0 Å². The zero-order valence-corrected chi connectivity index (χ0v) is 17.0. The number of hydrogen-bond acceptors (Lipinski definition) is 4. The minimum Gasteiger partial charge on any atom is -0.464 e. The number of rotatable bonds is 4. The standard InChI is InChI=1S/C24H28N2O2/c1-17-8-9-20(19(3)18(17)2)14-25-10-12-26(13-11-25)15-21-16-28-23-7-5-4-6-22(23)24(21)27/h4-9,16H,10-15H2,1-3H3. The first kappa shape index (κ1) is 18.9. The number of nitrogens with zero attached hydrogens (tertiary/aromatic N) is 2. The lowest BCUT2D eigenvalue weighted by Gasteiger charge is -2.35. The third kappa shape index (κ3) is 3.75. The third-order valence-corrected chi connectivity index (χ3v) is 6.17. The fourth-order valence-corrected chi connectivity index (χ4v) is 4.00. The first-order chi connectivity index (χ1) is 13.5. The second-order valence-electron chi connectivity index (χ2n) is 7.93. The first-order valence-electron chi connectivity index (χ1n) is 10.0. The van der Waals surface area contributed by atoms with Gasteiger partial charge in [-0.05, 0) is 55.2 Å². The van der Waals surface area contributed by atoms with E-state index in [2.05, 4.69) is 42.7 Å². The average Bonchev–Trinajstić information content (AvgIpc) is 2.72. The molecule has 0 radical (unpaired) electrons. The molecular formula is C24H28N2O2. The van der Waals surface area contributed by atoms with Crippen LogP contribution in [0.5, 0.6) is 0 Å². The molecule has 0 unspecified atom stereocenters. The lowest BCUT2D eigenvalue weighted by atomic mass is 9.98. The van der Waals surface area contributed by atoms with E-state index in [1.807, 2.05) is 24.3 Å². The van der Waals surface area contributed by atoms with Crippen molar-refractivity contribution in [2.45, 2.75) is 33.9 Å². The predicted molar refractivity (Wildman–Crippen MR) is 114 cm³/mol. The number of aryl methyl sites for hydroxylation is 1. The number of para-hydroxylation sites is 1. The molecule has 0 atom stereocenters. The van der Waals surface area contributed by atoms with Gasteiger partial charge in [0.15, 0.2) is 5.43 Å². The summed E-state index contributed by atoms with van der Waals surface area (Å²) in [5.74, 6) is 0. The van der Waals surface area contributed by atoms with E-state index in [0.29, 0.717) is 17.5 Å². The highest BCUT2D eigenvalue weighted by atomic mass is 16.3. The van der Waals surface area contributed by atoms with Crippen LogP contribution in [0.2, 0.25) is 0 Å². The third-order valence-electron chi connectivity index (χ3n) is 6.17. The van der Waals surface area contributed by atoms with Gasteiger partial charge in [0.25, 0.3) is 0 Å². The molecule has 0 saturated carbocycles. The van der Waals surface area contributed by atoms with Crippen molar-refractivity contribution in [3.8, 4) is 0 Å². The molecule has 0 bridgehead atoms. The Bertz CT molecular complexity index is 1050. The maximum absolute atomic E-state index is 12.7. The monoisotopic (exact) mass is 376 g/mol. The maximum Gasteiger partial charge on any atom is 0.197 e. The lowest BCUT2D eigenvalue weighted by Crippen LogP contribution is -2.45. The van der Waals surface area contributed by atoms with E-state index in [-0.39, 0.29) is 5.43 Å². The van der Waals surface area contributed by atoms with Gasteiger partial charge in [-0.15, -0.1) is 0 Å². The van der Waals surface area contributed by atoms with E-state index in [9.17, 15) is 4.79 Å². The molecule has 3 aromatic rings. The smallest absolute Gasteiger partial charge is 0.197 e. The van der Waals surface area contributed by atoms with Crippen molar-refractivity contribution in [1.82, 2.24) is 9.80 Å². The summed E-state index contributed by atoms with van der Waals surface area (Å²) in [6.07, 6.45) is 1.63. The zero-order chi connectivity index (χ0) is 19.7. The van der Waals surface area contributed by atoms with Crippen molar-refractivity contribution in [3.63, 3.8) is 0 Å². The molecule has 0 amide bonds. The van der Waals surface area contributed by atoms with E-state index in [1.54, 1.807) is 6.26 Å². The van der Waals surface area contributed by atoms with Crippen molar-refractivity contribution in [2.75, 3.05) is 26.2 Å². The Morgan fingerprint density at radius 1 is 0.821 bits per heavy atom. The molecule has 28 heavy (non-hydrogen) atoms. The molecule has 0 aliphatic carbocycles. The molecule has 4 nitrogen and oxygen atoms in total. The van der Waals surface area contributed by atoms with Gasteiger partial charge >= 0.3 is 0 Å². The van der Waals surface area contributed by atoms with Gasteiger partial charge in [0, 0.05) is 44.8 Å². The first-order valence-corrected chi connectivity index (χ1v) is 10.0. The molecule has 1 aliphatic rings. The molecule has 1 fully saturated rings. The molecule has 1 aromatic heterocycles. The van der Waals surface area contributed by atoms with E-state index < -0.39 is 0 Å². The van der Waals surface area contributed by atoms with Gasteiger partial charge in [-0.2, -0.15) is 0 Å². The molecule has 4 rings (SSSR count). The second-order valence-corrected chi connectivity index (χ2v) is 7.93. The van der Waals surface area contributed by atoms with E-state index in [1.165, 1.54) is 22.3 Å². The van der Waals surface area contributed by atoms with Gasteiger partial charge in [0.05, 0.1) is 11.6 Å². The Labute approximate surface area is 166 Å². The summed E-state index contributed by atoms with van der Waals surface area (Å²) >= 11 is 0. The number of benzene rings is 2. The van der Waals surface area contributed by atoms with Crippen LogP contribution in [0.4, 0.5) is 0 Å². The largest absolute Gasteiger partial charge is 0.464 e. The highest BCUT2D eigenvalue weighted by molar-refractivity contribution is 5.76. The molecule has 1 aliphatic heterocycles. The summed E-state index contributed by atoms with van der Waals surface area (Å²) in [4.78, 5) is 17.6. The van der Waals surface area contributed by atoms with Gasteiger partial charge in [-0.25, -0.2) is 0 Å². The zero-order valence-electron chi connectivity index (χ0n) is 17.0. The van der Waals surface area contributed by atoms with Crippen LogP contribution in [0, 0.1) is 20.8 Å². The van der Waals surface area contributed by atoms with Crippen LogP contribution >= 0.6 is 0 Å². The van der Waals surface area contributed by atoms with Gasteiger partial charge in [0.1, 0.15) is 5.58 Å². The molecule has 1 saturated heterocycles. The second kappa shape index (κ2) is 7.90. The van der Waals surface area contributed by atoms with Crippen molar-refractivity contribution in [3.05, 3.63) is 80.7 Å². The van der Waals surface area contributed by atoms with E-state index >= 15 is 0 Å². The Morgan fingerprint density at radius 3 is 2.18 bits per heavy atom.